The van der Waals surface area contributed by atoms with Gasteiger partial charge in [0.2, 0.25) is 5.91 Å². The number of hydrogen-bond acceptors (Lipinski definition) is 3. The summed E-state index contributed by atoms with van der Waals surface area (Å²) in [5, 5.41) is 0. The Kier molecular flexibility index (Phi) is 4.39. The summed E-state index contributed by atoms with van der Waals surface area (Å²) in [6.07, 6.45) is 1.72. The molecule has 4 nitrogen and oxygen atoms in total. The van der Waals surface area contributed by atoms with Crippen molar-refractivity contribution in [1.82, 2.24) is 15.8 Å². The van der Waals surface area contributed by atoms with Crippen molar-refractivity contribution in [1.29, 1.82) is 0 Å². The molecule has 4 rings (SSSR count). The molecule has 0 spiro atoms. The smallest absolute Gasteiger partial charge is 0.241 e. The van der Waals surface area contributed by atoms with E-state index in [0.29, 0.717) is 0 Å². The van der Waals surface area contributed by atoms with Crippen LogP contribution in [0, 0.1) is 0 Å². The number of hydrazine groups is 1. The molecule has 2 aliphatic heterocycles. The van der Waals surface area contributed by atoms with Crippen LogP contribution in [-0.4, -0.2) is 23.4 Å². The minimum absolute atomic E-state index is 0.163. The summed E-state index contributed by atoms with van der Waals surface area (Å²) in [4.78, 5) is 14.8. The highest BCUT2D eigenvalue weighted by molar-refractivity contribution is 9.10. The van der Waals surface area contributed by atoms with Gasteiger partial charge in [0.1, 0.15) is 6.04 Å². The lowest BCUT2D eigenvalue weighted by Crippen LogP contribution is -2.47. The van der Waals surface area contributed by atoms with Gasteiger partial charge in [-0.2, -0.15) is 0 Å². The Bertz CT molecular complexity index is 747. The van der Waals surface area contributed by atoms with Crippen molar-refractivity contribution < 1.29 is 4.79 Å². The van der Waals surface area contributed by atoms with E-state index in [2.05, 4.69) is 57.1 Å². The molecule has 2 aromatic rings. The van der Waals surface area contributed by atoms with E-state index in [1.54, 1.807) is 0 Å². The standard InChI is InChI=1S/C19H20BrN3O/c20-16-7-5-14(6-8-16)17-11-18(22-21-17)19(24)23-10-9-13-3-1-2-4-15(13)12-23/h1-8,17-18,21-22H,9-12H2. The van der Waals surface area contributed by atoms with E-state index in [4.69, 9.17) is 0 Å². The van der Waals surface area contributed by atoms with E-state index in [1.807, 2.05) is 23.1 Å². The summed E-state index contributed by atoms with van der Waals surface area (Å²) < 4.78 is 1.07. The number of nitrogens with one attached hydrogen (secondary N) is 2. The minimum Gasteiger partial charge on any atom is -0.337 e. The molecular weight excluding hydrogens is 366 g/mol. The molecule has 0 radical (unpaired) electrons. The molecule has 2 atom stereocenters. The monoisotopic (exact) mass is 385 g/mol. The maximum Gasteiger partial charge on any atom is 0.241 e. The van der Waals surface area contributed by atoms with Gasteiger partial charge in [-0.3, -0.25) is 4.79 Å². The molecule has 0 aromatic heterocycles. The van der Waals surface area contributed by atoms with Gasteiger partial charge in [-0.25, -0.2) is 10.9 Å². The summed E-state index contributed by atoms with van der Waals surface area (Å²) in [6, 6.07) is 16.7. The topological polar surface area (TPSA) is 44.4 Å². The Morgan fingerprint density at radius 2 is 1.79 bits per heavy atom. The molecule has 24 heavy (non-hydrogen) atoms. The van der Waals surface area contributed by atoms with Crippen LogP contribution in [0.1, 0.15) is 29.2 Å². The highest BCUT2D eigenvalue weighted by Gasteiger charge is 2.33. The number of rotatable bonds is 2. The van der Waals surface area contributed by atoms with Gasteiger partial charge in [0.15, 0.2) is 0 Å². The molecule has 1 fully saturated rings. The lowest BCUT2D eigenvalue weighted by atomic mass is 9.98. The maximum atomic E-state index is 12.9. The molecule has 0 saturated carbocycles. The molecule has 2 aliphatic rings. The summed E-state index contributed by atoms with van der Waals surface area (Å²) in [5.74, 6) is 0.191. The fourth-order valence-corrected chi connectivity index (χ4v) is 3.80. The fraction of sp³-hybridized carbons (Fsp3) is 0.316. The van der Waals surface area contributed by atoms with Gasteiger partial charge in [-0.1, -0.05) is 52.3 Å². The number of benzene rings is 2. The van der Waals surface area contributed by atoms with Crippen molar-refractivity contribution in [3.63, 3.8) is 0 Å². The van der Waals surface area contributed by atoms with Crippen LogP contribution in [0.5, 0.6) is 0 Å². The van der Waals surface area contributed by atoms with E-state index in [-0.39, 0.29) is 18.0 Å². The first-order chi connectivity index (χ1) is 11.7. The summed E-state index contributed by atoms with van der Waals surface area (Å²) in [5.41, 5.74) is 10.3. The average molecular weight is 386 g/mol. The molecule has 2 N–H and O–H groups in total. The Balaban J connectivity index is 1.42. The van der Waals surface area contributed by atoms with Gasteiger partial charge >= 0.3 is 0 Å². The van der Waals surface area contributed by atoms with Gasteiger partial charge in [-0.15, -0.1) is 0 Å². The molecule has 0 aliphatic carbocycles. The molecule has 124 valence electrons. The van der Waals surface area contributed by atoms with Gasteiger partial charge in [0, 0.05) is 23.6 Å². The normalized spacial score (nSPS) is 23.1. The highest BCUT2D eigenvalue weighted by Crippen LogP contribution is 2.26. The molecule has 5 heteroatoms. The van der Waals surface area contributed by atoms with Crippen molar-refractivity contribution in [3.05, 3.63) is 69.7 Å². The van der Waals surface area contributed by atoms with Crippen molar-refractivity contribution in [3.8, 4) is 0 Å². The third-order valence-electron chi connectivity index (χ3n) is 4.92. The predicted octanol–water partition coefficient (Wildman–Crippen LogP) is 2.94. The second-order valence-corrected chi connectivity index (χ2v) is 7.38. The molecule has 2 unspecified atom stereocenters. The number of nitrogens with zero attached hydrogens (tertiary/aromatic N) is 1. The van der Waals surface area contributed by atoms with Crippen LogP contribution in [-0.2, 0) is 17.8 Å². The third-order valence-corrected chi connectivity index (χ3v) is 5.44. The molecule has 0 bridgehead atoms. The minimum atomic E-state index is -0.163. The number of hydrogen-bond donors (Lipinski definition) is 2. The number of amides is 1. The van der Waals surface area contributed by atoms with Crippen LogP contribution in [0.15, 0.2) is 53.0 Å². The molecule has 1 saturated heterocycles. The predicted molar refractivity (Wildman–Crippen MR) is 97.1 cm³/mol. The van der Waals surface area contributed by atoms with Gasteiger partial charge < -0.3 is 4.90 Å². The largest absolute Gasteiger partial charge is 0.337 e. The number of fused-ring (bicyclic) bond motifs is 1. The highest BCUT2D eigenvalue weighted by atomic mass is 79.9. The van der Waals surface area contributed by atoms with Crippen LogP contribution in [0.4, 0.5) is 0 Å². The Morgan fingerprint density at radius 1 is 1.04 bits per heavy atom. The second-order valence-electron chi connectivity index (χ2n) is 6.46. The Morgan fingerprint density at radius 3 is 2.58 bits per heavy atom. The lowest BCUT2D eigenvalue weighted by molar-refractivity contribution is -0.134. The van der Waals surface area contributed by atoms with Crippen molar-refractivity contribution in [2.24, 2.45) is 0 Å². The van der Waals surface area contributed by atoms with E-state index in [9.17, 15) is 4.79 Å². The maximum absolute atomic E-state index is 12.9. The number of halogens is 1. The number of carbonyl (C=O) groups excluding carboxylic acids is 1. The van der Waals surface area contributed by atoms with Crippen LogP contribution in [0.2, 0.25) is 0 Å². The first kappa shape index (κ1) is 15.8. The quantitative estimate of drug-likeness (QED) is 0.834. The van der Waals surface area contributed by atoms with Crippen molar-refractivity contribution >= 4 is 21.8 Å². The molecule has 1 amide bonds. The summed E-state index contributed by atoms with van der Waals surface area (Å²) >= 11 is 3.46. The second kappa shape index (κ2) is 6.67. The molecular formula is C19H20BrN3O. The third kappa shape index (κ3) is 3.11. The first-order valence-electron chi connectivity index (χ1n) is 8.33. The fourth-order valence-electron chi connectivity index (χ4n) is 3.54. The zero-order valence-corrected chi connectivity index (χ0v) is 14.9. The van der Waals surface area contributed by atoms with E-state index in [1.165, 1.54) is 16.7 Å². The molecule has 2 aromatic carbocycles. The van der Waals surface area contributed by atoms with Crippen LogP contribution in [0.3, 0.4) is 0 Å². The van der Waals surface area contributed by atoms with Crippen LogP contribution in [0.25, 0.3) is 0 Å². The van der Waals surface area contributed by atoms with E-state index >= 15 is 0 Å². The SMILES string of the molecule is O=C(C1CC(c2ccc(Br)cc2)NN1)N1CCc2ccccc2C1. The first-order valence-corrected chi connectivity index (χ1v) is 9.12. The van der Waals surface area contributed by atoms with Gasteiger partial charge in [0.25, 0.3) is 0 Å². The van der Waals surface area contributed by atoms with Crippen molar-refractivity contribution in [2.75, 3.05) is 6.54 Å². The lowest BCUT2D eigenvalue weighted by Gasteiger charge is -2.30. The Labute approximate surface area is 150 Å². The zero-order valence-electron chi connectivity index (χ0n) is 13.3. The molecule has 2 heterocycles. The Hall–Kier alpha value is -1.69. The average Bonchev–Trinajstić information content (AvgIpc) is 3.11. The summed E-state index contributed by atoms with van der Waals surface area (Å²) in [6.45, 7) is 1.52. The van der Waals surface area contributed by atoms with Crippen LogP contribution >= 0.6 is 15.9 Å². The van der Waals surface area contributed by atoms with E-state index < -0.39 is 0 Å². The van der Waals surface area contributed by atoms with Gasteiger partial charge in [0.05, 0.1) is 0 Å². The van der Waals surface area contributed by atoms with Gasteiger partial charge in [-0.05, 0) is 41.7 Å². The zero-order chi connectivity index (χ0) is 16.5. The summed E-state index contributed by atoms with van der Waals surface area (Å²) in [7, 11) is 0. The van der Waals surface area contributed by atoms with Crippen LogP contribution < -0.4 is 10.9 Å². The van der Waals surface area contributed by atoms with Crippen molar-refractivity contribution in [2.45, 2.75) is 31.5 Å². The number of carbonyl (C=O) groups is 1. The van der Waals surface area contributed by atoms with E-state index in [0.717, 1.165) is 30.4 Å².